The molecule has 0 fully saturated rings. The first-order valence-corrected chi connectivity index (χ1v) is 7.20. The van der Waals surface area contributed by atoms with Gasteiger partial charge in [0.05, 0.1) is 6.26 Å². The highest BCUT2D eigenvalue weighted by molar-refractivity contribution is 5.77. The predicted octanol–water partition coefficient (Wildman–Crippen LogP) is 3.06. The molecule has 1 aromatic heterocycles. The van der Waals surface area contributed by atoms with Crippen molar-refractivity contribution in [3.05, 3.63) is 59.5 Å². The molecule has 1 amide bonds. The van der Waals surface area contributed by atoms with Gasteiger partial charge >= 0.3 is 0 Å². The van der Waals surface area contributed by atoms with Gasteiger partial charge in [-0.3, -0.25) is 4.79 Å². The SMILES string of the molecule is O=C(CC1CCc2ccccc21)NCCc1ccco1. The fraction of sp³-hybridized carbons (Fsp3) is 0.353. The van der Waals surface area contributed by atoms with Crippen LogP contribution in [-0.2, 0) is 17.6 Å². The molecule has 1 N–H and O–H groups in total. The third-order valence-corrected chi connectivity index (χ3v) is 3.96. The minimum Gasteiger partial charge on any atom is -0.469 e. The van der Waals surface area contributed by atoms with Crippen LogP contribution in [0.15, 0.2) is 47.1 Å². The van der Waals surface area contributed by atoms with E-state index in [4.69, 9.17) is 4.42 Å². The lowest BCUT2D eigenvalue weighted by Crippen LogP contribution is -2.26. The van der Waals surface area contributed by atoms with Crippen molar-refractivity contribution in [2.75, 3.05) is 6.54 Å². The van der Waals surface area contributed by atoms with E-state index in [-0.39, 0.29) is 5.91 Å². The van der Waals surface area contributed by atoms with Gasteiger partial charge in [-0.2, -0.15) is 0 Å². The Morgan fingerprint density at radius 1 is 1.25 bits per heavy atom. The summed E-state index contributed by atoms with van der Waals surface area (Å²) in [4.78, 5) is 12.0. The molecule has 0 saturated heterocycles. The van der Waals surface area contributed by atoms with Gasteiger partial charge in [0.2, 0.25) is 5.91 Å². The molecule has 104 valence electrons. The number of carbonyl (C=O) groups is 1. The second-order valence-corrected chi connectivity index (χ2v) is 5.32. The summed E-state index contributed by atoms with van der Waals surface area (Å²) < 4.78 is 5.24. The van der Waals surface area contributed by atoms with Gasteiger partial charge in [0, 0.05) is 19.4 Å². The summed E-state index contributed by atoms with van der Waals surface area (Å²) in [5.74, 6) is 1.43. The van der Waals surface area contributed by atoms with E-state index in [1.807, 2.05) is 12.1 Å². The van der Waals surface area contributed by atoms with Crippen LogP contribution in [0.5, 0.6) is 0 Å². The topological polar surface area (TPSA) is 42.2 Å². The first kappa shape index (κ1) is 13.0. The summed E-state index contributed by atoms with van der Waals surface area (Å²) >= 11 is 0. The van der Waals surface area contributed by atoms with Crippen LogP contribution in [0.25, 0.3) is 0 Å². The maximum absolute atomic E-state index is 12.0. The molecule has 3 nitrogen and oxygen atoms in total. The predicted molar refractivity (Wildman–Crippen MR) is 77.5 cm³/mol. The molecule has 0 radical (unpaired) electrons. The lowest BCUT2D eigenvalue weighted by atomic mass is 9.97. The average Bonchev–Trinajstić information content (AvgIpc) is 3.09. The van der Waals surface area contributed by atoms with Crippen molar-refractivity contribution >= 4 is 5.91 Å². The van der Waals surface area contributed by atoms with E-state index in [0.717, 1.165) is 25.0 Å². The highest BCUT2D eigenvalue weighted by Gasteiger charge is 2.23. The van der Waals surface area contributed by atoms with Gasteiger partial charge in [-0.25, -0.2) is 0 Å². The van der Waals surface area contributed by atoms with Crippen molar-refractivity contribution in [1.82, 2.24) is 5.32 Å². The maximum atomic E-state index is 12.0. The number of carbonyl (C=O) groups excluding carboxylic acids is 1. The number of furan rings is 1. The highest BCUT2D eigenvalue weighted by Crippen LogP contribution is 2.34. The molecule has 0 spiro atoms. The molecule has 1 aliphatic rings. The molecule has 3 heteroatoms. The van der Waals surface area contributed by atoms with E-state index in [2.05, 4.69) is 29.6 Å². The fourth-order valence-corrected chi connectivity index (χ4v) is 2.93. The molecular formula is C17H19NO2. The number of amides is 1. The average molecular weight is 269 g/mol. The van der Waals surface area contributed by atoms with Gasteiger partial charge < -0.3 is 9.73 Å². The molecule has 1 atom stereocenters. The van der Waals surface area contributed by atoms with Crippen molar-refractivity contribution in [3.8, 4) is 0 Å². The van der Waals surface area contributed by atoms with Crippen molar-refractivity contribution in [2.45, 2.75) is 31.6 Å². The number of rotatable bonds is 5. The Kier molecular flexibility index (Phi) is 3.86. The highest BCUT2D eigenvalue weighted by atomic mass is 16.3. The van der Waals surface area contributed by atoms with Crippen LogP contribution in [0, 0.1) is 0 Å². The minimum atomic E-state index is 0.137. The number of hydrogen-bond acceptors (Lipinski definition) is 2. The van der Waals surface area contributed by atoms with Crippen molar-refractivity contribution in [3.63, 3.8) is 0 Å². The van der Waals surface area contributed by atoms with E-state index in [1.54, 1.807) is 6.26 Å². The van der Waals surface area contributed by atoms with Gasteiger partial charge in [0.1, 0.15) is 5.76 Å². The van der Waals surface area contributed by atoms with E-state index in [0.29, 0.717) is 18.9 Å². The van der Waals surface area contributed by atoms with Crippen LogP contribution in [0.4, 0.5) is 0 Å². The molecule has 1 unspecified atom stereocenters. The van der Waals surface area contributed by atoms with Gasteiger partial charge in [0.25, 0.3) is 0 Å². The summed E-state index contributed by atoms with van der Waals surface area (Å²) in [6.07, 6.45) is 5.19. The van der Waals surface area contributed by atoms with Gasteiger partial charge in [-0.15, -0.1) is 0 Å². The number of aryl methyl sites for hydroxylation is 1. The third-order valence-electron chi connectivity index (χ3n) is 3.96. The van der Waals surface area contributed by atoms with Gasteiger partial charge in [0.15, 0.2) is 0 Å². The van der Waals surface area contributed by atoms with Crippen LogP contribution in [0.2, 0.25) is 0 Å². The smallest absolute Gasteiger partial charge is 0.220 e. The van der Waals surface area contributed by atoms with E-state index in [1.165, 1.54) is 11.1 Å². The monoisotopic (exact) mass is 269 g/mol. The molecule has 2 aromatic rings. The first-order valence-electron chi connectivity index (χ1n) is 7.20. The summed E-state index contributed by atoms with van der Waals surface area (Å²) in [6.45, 7) is 0.640. The Morgan fingerprint density at radius 3 is 3.00 bits per heavy atom. The van der Waals surface area contributed by atoms with Crippen LogP contribution in [-0.4, -0.2) is 12.5 Å². The molecule has 1 aliphatic carbocycles. The number of fused-ring (bicyclic) bond motifs is 1. The normalized spacial score (nSPS) is 16.9. The van der Waals surface area contributed by atoms with Gasteiger partial charge in [-0.05, 0) is 42.0 Å². The molecule has 1 heterocycles. The zero-order valence-electron chi connectivity index (χ0n) is 11.5. The summed E-state index contributed by atoms with van der Waals surface area (Å²) in [5, 5.41) is 2.98. The number of hydrogen-bond donors (Lipinski definition) is 1. The lowest BCUT2D eigenvalue weighted by molar-refractivity contribution is -0.121. The van der Waals surface area contributed by atoms with E-state index >= 15 is 0 Å². The van der Waals surface area contributed by atoms with Gasteiger partial charge in [-0.1, -0.05) is 24.3 Å². The number of nitrogens with one attached hydrogen (secondary N) is 1. The quantitative estimate of drug-likeness (QED) is 0.906. The van der Waals surface area contributed by atoms with Crippen LogP contribution in [0.1, 0.15) is 35.6 Å². The van der Waals surface area contributed by atoms with Crippen molar-refractivity contribution < 1.29 is 9.21 Å². The standard InChI is InChI=1S/C17H19NO2/c19-17(18-10-9-15-5-3-11-20-15)12-14-8-7-13-4-1-2-6-16(13)14/h1-6,11,14H,7-10,12H2,(H,18,19). The summed E-state index contributed by atoms with van der Waals surface area (Å²) in [7, 11) is 0. The molecular weight excluding hydrogens is 250 g/mol. The van der Waals surface area contributed by atoms with Crippen LogP contribution < -0.4 is 5.32 Å². The Labute approximate surface area is 119 Å². The van der Waals surface area contributed by atoms with E-state index < -0.39 is 0 Å². The molecule has 0 saturated carbocycles. The second kappa shape index (κ2) is 5.95. The minimum absolute atomic E-state index is 0.137. The number of benzene rings is 1. The molecule has 0 aliphatic heterocycles. The third kappa shape index (κ3) is 2.93. The van der Waals surface area contributed by atoms with Crippen LogP contribution >= 0.6 is 0 Å². The lowest BCUT2D eigenvalue weighted by Gasteiger charge is -2.11. The molecule has 0 bridgehead atoms. The Hall–Kier alpha value is -2.03. The zero-order valence-corrected chi connectivity index (χ0v) is 11.5. The van der Waals surface area contributed by atoms with Crippen molar-refractivity contribution in [2.24, 2.45) is 0 Å². The van der Waals surface area contributed by atoms with E-state index in [9.17, 15) is 4.79 Å². The second-order valence-electron chi connectivity index (χ2n) is 5.32. The summed E-state index contributed by atoms with van der Waals surface area (Å²) in [5.41, 5.74) is 2.76. The van der Waals surface area contributed by atoms with Crippen LogP contribution in [0.3, 0.4) is 0 Å². The Morgan fingerprint density at radius 2 is 2.15 bits per heavy atom. The first-order chi connectivity index (χ1) is 9.83. The largest absolute Gasteiger partial charge is 0.469 e. The Bertz CT molecular complexity index is 574. The summed E-state index contributed by atoms with van der Waals surface area (Å²) in [6, 6.07) is 12.3. The molecule has 3 rings (SSSR count). The molecule has 20 heavy (non-hydrogen) atoms. The maximum Gasteiger partial charge on any atom is 0.220 e. The Balaban J connectivity index is 1.48. The fourth-order valence-electron chi connectivity index (χ4n) is 2.93. The zero-order chi connectivity index (χ0) is 13.8. The molecule has 1 aromatic carbocycles. The van der Waals surface area contributed by atoms with Crippen molar-refractivity contribution in [1.29, 1.82) is 0 Å².